The van der Waals surface area contributed by atoms with Crippen molar-refractivity contribution in [3.8, 4) is 0 Å². The molecule has 0 bridgehead atoms. The smallest absolute Gasteiger partial charge is 0.322 e. The van der Waals surface area contributed by atoms with Gasteiger partial charge in [0.1, 0.15) is 6.04 Å². The topological polar surface area (TPSA) is 38.3 Å². The molecule has 13 heavy (non-hydrogen) atoms. The molecule has 0 aromatic carbocycles. The van der Waals surface area contributed by atoms with Crippen LogP contribution in [0.1, 0.15) is 33.6 Å². The number of hydrogen-bond donors (Lipinski definition) is 1. The van der Waals surface area contributed by atoms with Gasteiger partial charge in [-0.05, 0) is 39.5 Å². The first-order valence-electron chi connectivity index (χ1n) is 4.83. The van der Waals surface area contributed by atoms with Crippen molar-refractivity contribution in [2.24, 2.45) is 5.92 Å². The summed E-state index contributed by atoms with van der Waals surface area (Å²) in [4.78, 5) is 11.1. The Labute approximate surface area is 79.8 Å². The summed E-state index contributed by atoms with van der Waals surface area (Å²) in [5, 5.41) is 3.29. The maximum Gasteiger partial charge on any atom is 0.322 e. The average Bonchev–Trinajstić information content (AvgIpc) is 2.84. The molecule has 0 heterocycles. The number of esters is 1. The van der Waals surface area contributed by atoms with Crippen LogP contribution < -0.4 is 5.32 Å². The minimum atomic E-state index is -0.208. The maximum absolute atomic E-state index is 11.1. The quantitative estimate of drug-likeness (QED) is 0.671. The molecule has 1 unspecified atom stereocenters. The van der Waals surface area contributed by atoms with Crippen molar-refractivity contribution in [3.05, 3.63) is 0 Å². The van der Waals surface area contributed by atoms with Crippen molar-refractivity contribution in [1.82, 2.24) is 5.32 Å². The summed E-state index contributed by atoms with van der Waals surface area (Å²) < 4.78 is 4.66. The van der Waals surface area contributed by atoms with Gasteiger partial charge in [-0.15, -0.1) is 0 Å². The summed E-state index contributed by atoms with van der Waals surface area (Å²) in [6.45, 7) is 6.13. The van der Waals surface area contributed by atoms with Crippen LogP contribution in [0.4, 0.5) is 0 Å². The Kier molecular flexibility index (Phi) is 2.96. The van der Waals surface area contributed by atoms with E-state index in [4.69, 9.17) is 0 Å². The lowest BCUT2D eigenvalue weighted by Gasteiger charge is -2.29. The molecule has 0 aromatic rings. The predicted molar refractivity (Wildman–Crippen MR) is 51.4 cm³/mol. The SMILES string of the molecule is COC(=O)C(C)NC(C)(C)C1CC1. The van der Waals surface area contributed by atoms with Crippen molar-refractivity contribution in [2.75, 3.05) is 7.11 Å². The largest absolute Gasteiger partial charge is 0.468 e. The first-order chi connectivity index (χ1) is 5.97. The van der Waals surface area contributed by atoms with Gasteiger partial charge in [-0.1, -0.05) is 0 Å². The second-order valence-electron chi connectivity index (χ2n) is 4.39. The van der Waals surface area contributed by atoms with E-state index in [-0.39, 0.29) is 17.6 Å². The van der Waals surface area contributed by atoms with Gasteiger partial charge in [0.2, 0.25) is 0 Å². The highest BCUT2D eigenvalue weighted by Gasteiger charge is 2.39. The fourth-order valence-corrected chi connectivity index (χ4v) is 1.72. The first-order valence-corrected chi connectivity index (χ1v) is 4.83. The summed E-state index contributed by atoms with van der Waals surface area (Å²) >= 11 is 0. The molecule has 0 radical (unpaired) electrons. The zero-order valence-electron chi connectivity index (χ0n) is 8.89. The lowest BCUT2D eigenvalue weighted by molar-refractivity contribution is -0.143. The molecule has 1 fully saturated rings. The Bertz CT molecular complexity index is 197. The Morgan fingerprint density at radius 3 is 2.46 bits per heavy atom. The zero-order valence-corrected chi connectivity index (χ0v) is 8.89. The molecule has 0 amide bonds. The van der Waals surface area contributed by atoms with E-state index < -0.39 is 0 Å². The highest BCUT2D eigenvalue weighted by atomic mass is 16.5. The molecule has 1 atom stereocenters. The monoisotopic (exact) mass is 185 g/mol. The fraction of sp³-hybridized carbons (Fsp3) is 0.900. The third-order valence-corrected chi connectivity index (χ3v) is 2.74. The van der Waals surface area contributed by atoms with Crippen LogP contribution >= 0.6 is 0 Å². The first kappa shape index (κ1) is 10.5. The molecule has 0 saturated heterocycles. The van der Waals surface area contributed by atoms with Crippen molar-refractivity contribution in [1.29, 1.82) is 0 Å². The number of carbonyl (C=O) groups is 1. The summed E-state index contributed by atoms with van der Waals surface area (Å²) in [6, 6.07) is -0.208. The Hall–Kier alpha value is -0.570. The molecule has 0 spiro atoms. The number of methoxy groups -OCH3 is 1. The summed E-state index contributed by atoms with van der Waals surface area (Å²) in [7, 11) is 1.42. The second kappa shape index (κ2) is 3.66. The number of rotatable bonds is 4. The van der Waals surface area contributed by atoms with Crippen molar-refractivity contribution in [3.63, 3.8) is 0 Å². The molecule has 1 saturated carbocycles. The third-order valence-electron chi connectivity index (χ3n) is 2.74. The standard InChI is InChI=1S/C10H19NO2/c1-7(9(12)13-4)11-10(2,3)8-5-6-8/h7-8,11H,5-6H2,1-4H3. The van der Waals surface area contributed by atoms with Gasteiger partial charge in [0.25, 0.3) is 0 Å². The minimum Gasteiger partial charge on any atom is -0.468 e. The number of nitrogens with one attached hydrogen (secondary N) is 1. The molecule has 0 aromatic heterocycles. The minimum absolute atomic E-state index is 0.0631. The van der Waals surface area contributed by atoms with Crippen LogP contribution in [0.2, 0.25) is 0 Å². The second-order valence-corrected chi connectivity index (χ2v) is 4.39. The van der Waals surface area contributed by atoms with Crippen LogP contribution in [-0.2, 0) is 9.53 Å². The number of hydrogen-bond acceptors (Lipinski definition) is 3. The zero-order chi connectivity index (χ0) is 10.1. The molecule has 1 aliphatic carbocycles. The van der Waals surface area contributed by atoms with Gasteiger partial charge < -0.3 is 4.74 Å². The molecule has 3 heteroatoms. The van der Waals surface area contributed by atoms with Gasteiger partial charge in [-0.3, -0.25) is 10.1 Å². The van der Waals surface area contributed by atoms with Crippen LogP contribution in [0, 0.1) is 5.92 Å². The van der Waals surface area contributed by atoms with E-state index in [0.717, 1.165) is 5.92 Å². The molecular weight excluding hydrogens is 166 g/mol. The lowest BCUT2D eigenvalue weighted by Crippen LogP contribution is -2.49. The normalized spacial score (nSPS) is 19.7. The highest BCUT2D eigenvalue weighted by molar-refractivity contribution is 5.75. The van der Waals surface area contributed by atoms with E-state index in [9.17, 15) is 4.79 Å². The van der Waals surface area contributed by atoms with Crippen molar-refractivity contribution < 1.29 is 9.53 Å². The van der Waals surface area contributed by atoms with Crippen LogP contribution in [0.15, 0.2) is 0 Å². The summed E-state index contributed by atoms with van der Waals surface area (Å²) in [5.74, 6) is 0.535. The molecule has 1 N–H and O–H groups in total. The van der Waals surface area contributed by atoms with Crippen LogP contribution in [0.5, 0.6) is 0 Å². The number of ether oxygens (including phenoxy) is 1. The summed E-state index contributed by atoms with van der Waals surface area (Å²) in [5.41, 5.74) is 0.0631. The number of carbonyl (C=O) groups excluding carboxylic acids is 1. The fourth-order valence-electron chi connectivity index (χ4n) is 1.72. The Balaban J connectivity index is 2.41. The Morgan fingerprint density at radius 1 is 1.54 bits per heavy atom. The van der Waals surface area contributed by atoms with E-state index in [1.807, 2.05) is 6.92 Å². The molecule has 76 valence electrons. The third kappa shape index (κ3) is 2.69. The molecule has 0 aliphatic heterocycles. The Morgan fingerprint density at radius 2 is 2.08 bits per heavy atom. The molecular formula is C10H19NO2. The maximum atomic E-state index is 11.1. The van der Waals surface area contributed by atoms with Crippen LogP contribution in [0.25, 0.3) is 0 Å². The van der Waals surface area contributed by atoms with Gasteiger partial charge in [-0.25, -0.2) is 0 Å². The highest BCUT2D eigenvalue weighted by Crippen LogP contribution is 2.39. The van der Waals surface area contributed by atoms with Gasteiger partial charge >= 0.3 is 5.97 Å². The average molecular weight is 185 g/mol. The van der Waals surface area contributed by atoms with E-state index >= 15 is 0 Å². The van der Waals surface area contributed by atoms with Crippen LogP contribution in [-0.4, -0.2) is 24.7 Å². The van der Waals surface area contributed by atoms with Gasteiger partial charge in [-0.2, -0.15) is 0 Å². The molecule has 3 nitrogen and oxygen atoms in total. The van der Waals surface area contributed by atoms with Crippen LogP contribution in [0.3, 0.4) is 0 Å². The van der Waals surface area contributed by atoms with E-state index in [0.29, 0.717) is 0 Å². The van der Waals surface area contributed by atoms with E-state index in [2.05, 4.69) is 23.9 Å². The van der Waals surface area contributed by atoms with Gasteiger partial charge in [0, 0.05) is 5.54 Å². The van der Waals surface area contributed by atoms with Crippen molar-refractivity contribution >= 4 is 5.97 Å². The van der Waals surface area contributed by atoms with E-state index in [1.165, 1.54) is 20.0 Å². The van der Waals surface area contributed by atoms with Crippen molar-refractivity contribution in [2.45, 2.75) is 45.2 Å². The summed E-state index contributed by atoms with van der Waals surface area (Å²) in [6.07, 6.45) is 2.54. The molecule has 1 aliphatic rings. The van der Waals surface area contributed by atoms with E-state index in [1.54, 1.807) is 0 Å². The molecule has 1 rings (SSSR count). The van der Waals surface area contributed by atoms with Gasteiger partial charge in [0.05, 0.1) is 7.11 Å². The lowest BCUT2D eigenvalue weighted by atomic mass is 9.97. The predicted octanol–water partition coefficient (Wildman–Crippen LogP) is 1.33. The van der Waals surface area contributed by atoms with Gasteiger partial charge in [0.15, 0.2) is 0 Å².